The second-order valence-corrected chi connectivity index (χ2v) is 16.6. The Labute approximate surface area is 356 Å². The number of carbonyl (C=O) groups is 3. The highest BCUT2D eigenvalue weighted by atomic mass is 16.6. The number of carboxylic acid groups (broad SMARTS) is 1. The lowest BCUT2D eigenvalue weighted by molar-refractivity contribution is -0.889. The third-order valence-corrected chi connectivity index (χ3v) is 10.1. The van der Waals surface area contributed by atoms with Gasteiger partial charge in [-0.25, -0.2) is 0 Å². The SMILES string of the molecule is CC/C=C/C/C=C/C/C=C/C/C=C/CCCCCCCCC(=O)OC(COCCC(C(=O)[O-])[N+](C)(C)C)COC(=O)CCCCCCCCC/C=C/CCCCCC. The summed E-state index contributed by atoms with van der Waals surface area (Å²) in [5, 5.41) is 11.6. The van der Waals surface area contributed by atoms with Gasteiger partial charge in [0.05, 0.1) is 40.3 Å². The van der Waals surface area contributed by atoms with Crippen LogP contribution in [-0.2, 0) is 28.6 Å². The zero-order valence-electron chi connectivity index (χ0n) is 37.9. The quantitative estimate of drug-likeness (QED) is 0.0262. The molecule has 58 heavy (non-hydrogen) atoms. The normalized spacial score (nSPS) is 13.5. The molecule has 0 aliphatic rings. The third kappa shape index (κ3) is 38.5. The van der Waals surface area contributed by atoms with Gasteiger partial charge in [0, 0.05) is 19.3 Å². The summed E-state index contributed by atoms with van der Waals surface area (Å²) in [7, 11) is 5.40. The van der Waals surface area contributed by atoms with E-state index in [4.69, 9.17) is 14.2 Å². The molecule has 0 fully saturated rings. The topological polar surface area (TPSA) is 102 Å². The van der Waals surface area contributed by atoms with Gasteiger partial charge in [-0.1, -0.05) is 152 Å². The maximum Gasteiger partial charge on any atom is 0.306 e. The number of aliphatic carboxylic acids is 1. The Kier molecular flexibility index (Phi) is 38.7. The van der Waals surface area contributed by atoms with Gasteiger partial charge in [-0.3, -0.25) is 9.59 Å². The van der Waals surface area contributed by atoms with Crippen LogP contribution in [0, 0.1) is 0 Å². The van der Waals surface area contributed by atoms with Gasteiger partial charge < -0.3 is 28.6 Å². The summed E-state index contributed by atoms with van der Waals surface area (Å²) in [6.45, 7) is 4.52. The average Bonchev–Trinajstić information content (AvgIpc) is 3.18. The number of esters is 2. The van der Waals surface area contributed by atoms with E-state index in [1.165, 1.54) is 77.0 Å². The fourth-order valence-corrected chi connectivity index (χ4v) is 6.53. The minimum Gasteiger partial charge on any atom is -0.544 e. The molecular weight excluding hydrogens is 727 g/mol. The molecule has 0 radical (unpaired) electrons. The molecular formula is C50H87NO7. The lowest BCUT2D eigenvalue weighted by Crippen LogP contribution is -2.55. The zero-order valence-corrected chi connectivity index (χ0v) is 37.9. The highest BCUT2D eigenvalue weighted by molar-refractivity contribution is 5.70. The van der Waals surface area contributed by atoms with Gasteiger partial charge in [0.1, 0.15) is 12.6 Å². The van der Waals surface area contributed by atoms with Crippen LogP contribution in [0.3, 0.4) is 0 Å². The average molecular weight is 814 g/mol. The van der Waals surface area contributed by atoms with Crippen LogP contribution in [-0.4, -0.2) is 75.5 Å². The maximum absolute atomic E-state index is 12.7. The molecule has 0 aliphatic carbocycles. The molecule has 0 saturated carbocycles. The Morgan fingerprint density at radius 2 is 0.966 bits per heavy atom. The summed E-state index contributed by atoms with van der Waals surface area (Å²) in [5.74, 6) is -1.76. The van der Waals surface area contributed by atoms with Crippen molar-refractivity contribution in [3.8, 4) is 0 Å². The highest BCUT2D eigenvalue weighted by Gasteiger charge is 2.25. The van der Waals surface area contributed by atoms with E-state index in [1.54, 1.807) is 21.1 Å². The molecule has 8 nitrogen and oxygen atoms in total. The Bertz CT molecular complexity index is 1130. The monoisotopic (exact) mass is 814 g/mol. The number of unbranched alkanes of at least 4 members (excludes halogenated alkanes) is 17. The molecule has 0 bridgehead atoms. The van der Waals surface area contributed by atoms with E-state index in [-0.39, 0.29) is 42.7 Å². The summed E-state index contributed by atoms with van der Waals surface area (Å²) >= 11 is 0. The van der Waals surface area contributed by atoms with Gasteiger partial charge in [0.15, 0.2) is 6.10 Å². The first-order chi connectivity index (χ1) is 28.1. The van der Waals surface area contributed by atoms with Crippen molar-refractivity contribution >= 4 is 17.9 Å². The largest absolute Gasteiger partial charge is 0.544 e. The van der Waals surface area contributed by atoms with Crippen molar-refractivity contribution < 1.29 is 38.2 Å². The summed E-state index contributed by atoms with van der Waals surface area (Å²) in [4.78, 5) is 36.9. The van der Waals surface area contributed by atoms with E-state index < -0.39 is 18.1 Å². The molecule has 8 heteroatoms. The number of allylic oxidation sites excluding steroid dienone is 10. The first-order valence-corrected chi connectivity index (χ1v) is 23.3. The Morgan fingerprint density at radius 1 is 0.534 bits per heavy atom. The number of carboxylic acids is 1. The molecule has 0 N–H and O–H groups in total. The van der Waals surface area contributed by atoms with Crippen LogP contribution in [0.5, 0.6) is 0 Å². The standard InChI is InChI=1S/C50H87NO7/c1-6-8-10-12-14-16-18-20-22-23-24-25-27-29-31-33-35-37-39-41-49(53)58-46(44-56-43-42-47(50(54)55)51(3,4)5)45-57-48(52)40-38-36-34-32-30-28-26-21-19-17-15-13-11-9-7-2/h8,10,14,16-17,19-20,22,24-25,46-47H,6-7,9,11-13,15,18,21,23,26-45H2,1-5H3/b10-8+,16-14+,19-17+,22-20+,25-24+. The van der Waals surface area contributed by atoms with Gasteiger partial charge in [-0.2, -0.15) is 0 Å². The predicted octanol–water partition coefficient (Wildman–Crippen LogP) is 11.6. The molecule has 0 heterocycles. The highest BCUT2D eigenvalue weighted by Crippen LogP contribution is 2.14. The van der Waals surface area contributed by atoms with E-state index >= 15 is 0 Å². The van der Waals surface area contributed by atoms with Crippen molar-refractivity contribution in [2.24, 2.45) is 0 Å². The van der Waals surface area contributed by atoms with Crippen molar-refractivity contribution in [1.82, 2.24) is 0 Å². The molecule has 0 aromatic heterocycles. The van der Waals surface area contributed by atoms with Gasteiger partial charge in [-0.15, -0.1) is 0 Å². The fourth-order valence-electron chi connectivity index (χ4n) is 6.53. The Morgan fingerprint density at radius 3 is 1.45 bits per heavy atom. The number of hydrogen-bond acceptors (Lipinski definition) is 7. The number of likely N-dealkylation sites (N-methyl/N-ethyl adjacent to an activating group) is 1. The van der Waals surface area contributed by atoms with Gasteiger partial charge in [0.25, 0.3) is 0 Å². The zero-order chi connectivity index (χ0) is 42.8. The van der Waals surface area contributed by atoms with E-state index in [9.17, 15) is 19.5 Å². The van der Waals surface area contributed by atoms with E-state index in [0.717, 1.165) is 77.0 Å². The second-order valence-electron chi connectivity index (χ2n) is 16.6. The van der Waals surface area contributed by atoms with Gasteiger partial charge >= 0.3 is 11.9 Å². The summed E-state index contributed by atoms with van der Waals surface area (Å²) in [6.07, 6.45) is 49.5. The first kappa shape index (κ1) is 55.0. The maximum atomic E-state index is 12.7. The smallest absolute Gasteiger partial charge is 0.306 e. The van der Waals surface area contributed by atoms with E-state index in [0.29, 0.717) is 12.8 Å². The summed E-state index contributed by atoms with van der Waals surface area (Å²) in [6, 6.07) is -0.731. The minimum atomic E-state index is -1.13. The fraction of sp³-hybridized carbons (Fsp3) is 0.740. The third-order valence-electron chi connectivity index (χ3n) is 10.1. The van der Waals surface area contributed by atoms with E-state index in [1.807, 2.05) is 0 Å². The molecule has 0 aliphatic heterocycles. The number of rotatable bonds is 41. The molecule has 0 amide bonds. The molecule has 2 atom stereocenters. The summed E-state index contributed by atoms with van der Waals surface area (Å²) in [5.41, 5.74) is 0. The van der Waals surface area contributed by atoms with Crippen LogP contribution in [0.1, 0.15) is 187 Å². The molecule has 2 unspecified atom stereocenters. The molecule has 0 saturated heterocycles. The minimum absolute atomic E-state index is 0.0317. The number of hydrogen-bond donors (Lipinski definition) is 0. The Balaban J connectivity index is 4.35. The van der Waals surface area contributed by atoms with Crippen LogP contribution in [0.4, 0.5) is 0 Å². The number of quaternary nitrogens is 1. The molecule has 0 aromatic rings. The van der Waals surface area contributed by atoms with Crippen molar-refractivity contribution in [1.29, 1.82) is 0 Å². The second kappa shape index (κ2) is 40.8. The first-order valence-electron chi connectivity index (χ1n) is 23.3. The van der Waals surface area contributed by atoms with Gasteiger partial charge in [0.2, 0.25) is 0 Å². The molecule has 0 aromatic carbocycles. The lowest BCUT2D eigenvalue weighted by Gasteiger charge is -2.34. The van der Waals surface area contributed by atoms with Crippen LogP contribution in [0.2, 0.25) is 0 Å². The predicted molar refractivity (Wildman–Crippen MR) is 240 cm³/mol. The number of ether oxygens (including phenoxy) is 3. The molecule has 334 valence electrons. The Hall–Kier alpha value is -2.97. The van der Waals surface area contributed by atoms with Crippen LogP contribution in [0.25, 0.3) is 0 Å². The molecule has 0 rings (SSSR count). The number of nitrogens with zero attached hydrogens (tertiary/aromatic N) is 1. The van der Waals surface area contributed by atoms with Crippen LogP contribution < -0.4 is 5.11 Å². The van der Waals surface area contributed by atoms with Crippen molar-refractivity contribution in [2.45, 2.75) is 199 Å². The van der Waals surface area contributed by atoms with Gasteiger partial charge in [-0.05, 0) is 77.0 Å². The van der Waals surface area contributed by atoms with Crippen LogP contribution in [0.15, 0.2) is 60.8 Å². The van der Waals surface area contributed by atoms with Crippen molar-refractivity contribution in [2.75, 3.05) is 41.0 Å². The lowest BCUT2D eigenvalue weighted by atomic mass is 10.1. The van der Waals surface area contributed by atoms with Crippen LogP contribution >= 0.6 is 0 Å². The van der Waals surface area contributed by atoms with Crippen molar-refractivity contribution in [3.63, 3.8) is 0 Å². The number of carbonyl (C=O) groups excluding carboxylic acids is 3. The molecule has 0 spiro atoms. The summed E-state index contributed by atoms with van der Waals surface area (Å²) < 4.78 is 17.2. The van der Waals surface area contributed by atoms with E-state index in [2.05, 4.69) is 74.6 Å². The van der Waals surface area contributed by atoms with Crippen molar-refractivity contribution in [3.05, 3.63) is 60.8 Å².